The Balaban J connectivity index is 1.42. The van der Waals surface area contributed by atoms with Crippen molar-refractivity contribution < 1.29 is 4.74 Å². The molecule has 0 unspecified atom stereocenters. The second kappa shape index (κ2) is 7.63. The molecule has 1 aromatic carbocycles. The molecule has 3 aromatic rings. The van der Waals surface area contributed by atoms with E-state index in [0.717, 1.165) is 55.8 Å². The Morgan fingerprint density at radius 1 is 1.04 bits per heavy atom. The molecule has 0 amide bonds. The number of rotatable bonds is 5. The molecule has 0 atom stereocenters. The number of methoxy groups -OCH3 is 1. The molecule has 1 fully saturated rings. The Bertz CT molecular complexity index is 943. The maximum Gasteiger partial charge on any atom is 0.254 e. The lowest BCUT2D eigenvalue weighted by Crippen LogP contribution is -2.46. The highest BCUT2D eigenvalue weighted by atomic mass is 16.5. The Labute approximate surface area is 165 Å². The molecule has 1 aliphatic heterocycles. The zero-order chi connectivity index (χ0) is 19.7. The lowest BCUT2D eigenvalue weighted by molar-refractivity contribution is 0.244. The van der Waals surface area contributed by atoms with Crippen LogP contribution >= 0.6 is 0 Å². The van der Waals surface area contributed by atoms with Gasteiger partial charge in [0.2, 0.25) is 0 Å². The molecular formula is C20H27N7O. The van der Waals surface area contributed by atoms with Gasteiger partial charge in [0, 0.05) is 57.7 Å². The summed E-state index contributed by atoms with van der Waals surface area (Å²) in [7, 11) is 5.71. The van der Waals surface area contributed by atoms with Crippen molar-refractivity contribution in [3.63, 3.8) is 0 Å². The van der Waals surface area contributed by atoms with Crippen LogP contribution < -0.4 is 14.5 Å². The fourth-order valence-electron chi connectivity index (χ4n) is 3.55. The van der Waals surface area contributed by atoms with Gasteiger partial charge in [-0.25, -0.2) is 4.98 Å². The molecule has 0 N–H and O–H groups in total. The van der Waals surface area contributed by atoms with E-state index in [4.69, 9.17) is 9.84 Å². The fraction of sp³-hybridized carbons (Fsp3) is 0.450. The van der Waals surface area contributed by atoms with E-state index in [2.05, 4.69) is 31.9 Å². The van der Waals surface area contributed by atoms with Crippen LogP contribution in [-0.2, 0) is 6.54 Å². The third kappa shape index (κ3) is 3.73. The third-order valence-corrected chi connectivity index (χ3v) is 5.10. The highest BCUT2D eigenvalue weighted by Crippen LogP contribution is 2.21. The largest absolute Gasteiger partial charge is 0.497 e. The normalized spacial score (nSPS) is 15.2. The van der Waals surface area contributed by atoms with Crippen LogP contribution in [0.1, 0.15) is 11.5 Å². The number of aryl methyl sites for hydroxylation is 1. The Morgan fingerprint density at radius 2 is 1.75 bits per heavy atom. The van der Waals surface area contributed by atoms with E-state index in [-0.39, 0.29) is 0 Å². The van der Waals surface area contributed by atoms with Gasteiger partial charge in [0.05, 0.1) is 13.7 Å². The highest BCUT2D eigenvalue weighted by molar-refractivity contribution is 5.49. The SMILES string of the molecule is COc1ccc(N2CCN(Cc3nc4nc(C)cc(N(C)C)n4n3)CC2)cc1. The van der Waals surface area contributed by atoms with Crippen LogP contribution in [0.15, 0.2) is 30.3 Å². The Morgan fingerprint density at radius 3 is 2.39 bits per heavy atom. The summed E-state index contributed by atoms with van der Waals surface area (Å²) in [6.45, 7) is 6.66. The van der Waals surface area contributed by atoms with Gasteiger partial charge in [0.15, 0.2) is 5.82 Å². The molecule has 0 bridgehead atoms. The van der Waals surface area contributed by atoms with Gasteiger partial charge in [-0.1, -0.05) is 0 Å². The first kappa shape index (κ1) is 18.5. The van der Waals surface area contributed by atoms with E-state index >= 15 is 0 Å². The number of hydrogen-bond donors (Lipinski definition) is 0. The maximum absolute atomic E-state index is 5.24. The number of anilines is 2. The quantitative estimate of drug-likeness (QED) is 0.668. The van der Waals surface area contributed by atoms with Crippen molar-refractivity contribution in [2.75, 3.05) is 57.2 Å². The first-order valence-corrected chi connectivity index (χ1v) is 9.55. The number of fused-ring (bicyclic) bond motifs is 1. The average molecular weight is 381 g/mol. The van der Waals surface area contributed by atoms with Crippen LogP contribution in [0.25, 0.3) is 5.78 Å². The summed E-state index contributed by atoms with van der Waals surface area (Å²) in [4.78, 5) is 16.0. The van der Waals surface area contributed by atoms with Gasteiger partial charge in [-0.2, -0.15) is 9.50 Å². The summed E-state index contributed by atoms with van der Waals surface area (Å²) < 4.78 is 7.07. The van der Waals surface area contributed by atoms with E-state index in [9.17, 15) is 0 Å². The molecule has 4 rings (SSSR count). The first-order valence-electron chi connectivity index (χ1n) is 9.55. The number of hydrogen-bond acceptors (Lipinski definition) is 7. The number of benzene rings is 1. The third-order valence-electron chi connectivity index (χ3n) is 5.10. The molecule has 8 nitrogen and oxygen atoms in total. The van der Waals surface area contributed by atoms with Crippen molar-refractivity contribution in [1.82, 2.24) is 24.5 Å². The molecule has 1 aliphatic rings. The van der Waals surface area contributed by atoms with Crippen molar-refractivity contribution in [3.8, 4) is 5.75 Å². The molecule has 0 aliphatic carbocycles. The van der Waals surface area contributed by atoms with Crippen LogP contribution in [0.3, 0.4) is 0 Å². The Hall–Kier alpha value is -2.87. The smallest absolute Gasteiger partial charge is 0.254 e. The second-order valence-corrected chi connectivity index (χ2v) is 7.35. The summed E-state index contributed by atoms with van der Waals surface area (Å²) in [5.41, 5.74) is 2.19. The number of nitrogens with zero attached hydrogens (tertiary/aromatic N) is 7. The highest BCUT2D eigenvalue weighted by Gasteiger charge is 2.20. The zero-order valence-electron chi connectivity index (χ0n) is 17.0. The molecule has 1 saturated heterocycles. The van der Waals surface area contributed by atoms with E-state index in [0.29, 0.717) is 5.78 Å². The molecule has 2 aromatic heterocycles. The molecule has 0 spiro atoms. The number of aromatic nitrogens is 4. The summed E-state index contributed by atoms with van der Waals surface area (Å²) in [5.74, 6) is 3.36. The van der Waals surface area contributed by atoms with Crippen molar-refractivity contribution in [3.05, 3.63) is 41.9 Å². The number of piperazine rings is 1. The van der Waals surface area contributed by atoms with E-state index < -0.39 is 0 Å². The van der Waals surface area contributed by atoms with Gasteiger partial charge in [-0.15, -0.1) is 5.10 Å². The molecule has 0 saturated carbocycles. The van der Waals surface area contributed by atoms with E-state index in [1.807, 2.05) is 48.6 Å². The Kier molecular flexibility index (Phi) is 5.04. The minimum atomic E-state index is 0.663. The van der Waals surface area contributed by atoms with Crippen molar-refractivity contribution in [1.29, 1.82) is 0 Å². The average Bonchev–Trinajstić information content (AvgIpc) is 3.10. The first-order chi connectivity index (χ1) is 13.5. The van der Waals surface area contributed by atoms with Crippen LogP contribution in [-0.4, -0.2) is 71.9 Å². The summed E-state index contributed by atoms with van der Waals surface area (Å²) in [5, 5.41) is 4.70. The second-order valence-electron chi connectivity index (χ2n) is 7.35. The predicted molar refractivity (Wildman–Crippen MR) is 110 cm³/mol. The topological polar surface area (TPSA) is 62.0 Å². The van der Waals surface area contributed by atoms with Crippen molar-refractivity contribution in [2.45, 2.75) is 13.5 Å². The van der Waals surface area contributed by atoms with Crippen LogP contribution in [0, 0.1) is 6.92 Å². The zero-order valence-corrected chi connectivity index (χ0v) is 17.0. The van der Waals surface area contributed by atoms with Crippen LogP contribution in [0.2, 0.25) is 0 Å². The van der Waals surface area contributed by atoms with Gasteiger partial charge < -0.3 is 14.5 Å². The standard InChI is InChI=1S/C20H27N7O/c1-15-13-19(24(2)3)27-20(21-15)22-18(23-27)14-25-9-11-26(12-10-25)16-5-7-17(28-4)8-6-16/h5-8,13H,9-12,14H2,1-4H3. The van der Waals surface area contributed by atoms with Gasteiger partial charge in [-0.3, -0.25) is 4.90 Å². The minimum absolute atomic E-state index is 0.663. The fourth-order valence-corrected chi connectivity index (χ4v) is 3.55. The van der Waals surface area contributed by atoms with Crippen molar-refractivity contribution in [2.24, 2.45) is 0 Å². The van der Waals surface area contributed by atoms with Crippen LogP contribution in [0.5, 0.6) is 5.75 Å². The monoisotopic (exact) mass is 381 g/mol. The van der Waals surface area contributed by atoms with Gasteiger partial charge in [0.25, 0.3) is 5.78 Å². The van der Waals surface area contributed by atoms with Gasteiger partial charge in [0.1, 0.15) is 11.6 Å². The lowest BCUT2D eigenvalue weighted by atomic mass is 10.2. The van der Waals surface area contributed by atoms with Gasteiger partial charge in [-0.05, 0) is 31.2 Å². The lowest BCUT2D eigenvalue weighted by Gasteiger charge is -2.35. The van der Waals surface area contributed by atoms with Crippen molar-refractivity contribution >= 4 is 17.3 Å². The molecule has 148 valence electrons. The summed E-state index contributed by atoms with van der Waals surface area (Å²) in [6, 6.07) is 10.3. The molecule has 3 heterocycles. The maximum atomic E-state index is 5.24. The van der Waals surface area contributed by atoms with Gasteiger partial charge >= 0.3 is 0 Å². The van der Waals surface area contributed by atoms with E-state index in [1.54, 1.807) is 7.11 Å². The summed E-state index contributed by atoms with van der Waals surface area (Å²) >= 11 is 0. The van der Waals surface area contributed by atoms with Crippen LogP contribution in [0.4, 0.5) is 11.5 Å². The molecule has 28 heavy (non-hydrogen) atoms. The minimum Gasteiger partial charge on any atom is -0.497 e. The predicted octanol–water partition coefficient (Wildman–Crippen LogP) is 1.83. The molecule has 8 heteroatoms. The molecule has 0 radical (unpaired) electrons. The summed E-state index contributed by atoms with van der Waals surface area (Å²) in [6.07, 6.45) is 0. The molecular weight excluding hydrogens is 354 g/mol. The van der Waals surface area contributed by atoms with E-state index in [1.165, 1.54) is 5.69 Å². The number of ether oxygens (including phenoxy) is 1.